The van der Waals surface area contributed by atoms with E-state index in [9.17, 15) is 4.39 Å². The highest BCUT2D eigenvalue weighted by molar-refractivity contribution is 6.30. The van der Waals surface area contributed by atoms with Gasteiger partial charge >= 0.3 is 0 Å². The molecule has 0 aromatic heterocycles. The van der Waals surface area contributed by atoms with E-state index in [4.69, 9.17) is 17.3 Å². The van der Waals surface area contributed by atoms with Crippen molar-refractivity contribution < 1.29 is 4.39 Å². The molecule has 0 spiro atoms. The van der Waals surface area contributed by atoms with Gasteiger partial charge in [0, 0.05) is 5.54 Å². The highest BCUT2D eigenvalue weighted by Gasteiger charge is 2.29. The molecule has 2 rings (SSSR count). The van der Waals surface area contributed by atoms with Crippen LogP contribution in [0.25, 0.3) is 0 Å². The van der Waals surface area contributed by atoms with Crippen LogP contribution in [0.5, 0.6) is 0 Å². The summed E-state index contributed by atoms with van der Waals surface area (Å²) in [6.07, 6.45) is 5.36. The third-order valence-electron chi connectivity index (χ3n) is 3.24. The molecule has 15 heavy (non-hydrogen) atoms. The predicted octanol–water partition coefficient (Wildman–Crippen LogP) is 3.60. The zero-order valence-electron chi connectivity index (χ0n) is 8.60. The van der Waals surface area contributed by atoms with Gasteiger partial charge in [-0.25, -0.2) is 4.39 Å². The fraction of sp³-hybridized carbons (Fsp3) is 0.500. The topological polar surface area (TPSA) is 26.0 Å². The Morgan fingerprint density at radius 2 is 1.87 bits per heavy atom. The van der Waals surface area contributed by atoms with Gasteiger partial charge in [-0.15, -0.1) is 0 Å². The highest BCUT2D eigenvalue weighted by Crippen LogP contribution is 2.35. The zero-order chi connectivity index (χ0) is 10.9. The molecule has 1 aliphatic carbocycles. The molecule has 1 saturated carbocycles. The van der Waals surface area contributed by atoms with Gasteiger partial charge in [-0.2, -0.15) is 0 Å². The van der Waals surface area contributed by atoms with Crippen molar-refractivity contribution in [2.24, 2.45) is 5.73 Å². The number of hydrogen-bond acceptors (Lipinski definition) is 1. The minimum atomic E-state index is -0.371. The molecule has 0 bridgehead atoms. The van der Waals surface area contributed by atoms with E-state index in [0.717, 1.165) is 31.2 Å². The average Bonchev–Trinajstić information content (AvgIpc) is 2.23. The van der Waals surface area contributed by atoms with Crippen LogP contribution in [0.3, 0.4) is 0 Å². The fourth-order valence-electron chi connectivity index (χ4n) is 2.28. The molecule has 1 aromatic rings. The SMILES string of the molecule is NC1(c2ccc(Cl)c(F)c2)CCCCC1. The lowest BCUT2D eigenvalue weighted by Crippen LogP contribution is -2.38. The maximum Gasteiger partial charge on any atom is 0.142 e. The van der Waals surface area contributed by atoms with Gasteiger partial charge in [0.15, 0.2) is 0 Å². The number of benzene rings is 1. The molecule has 0 radical (unpaired) electrons. The van der Waals surface area contributed by atoms with Gasteiger partial charge in [-0.05, 0) is 30.5 Å². The van der Waals surface area contributed by atoms with E-state index < -0.39 is 0 Å². The van der Waals surface area contributed by atoms with E-state index in [1.54, 1.807) is 6.07 Å². The lowest BCUT2D eigenvalue weighted by molar-refractivity contribution is 0.301. The van der Waals surface area contributed by atoms with E-state index in [2.05, 4.69) is 0 Å². The summed E-state index contributed by atoms with van der Waals surface area (Å²) in [6.45, 7) is 0. The van der Waals surface area contributed by atoms with Crippen molar-refractivity contribution in [2.75, 3.05) is 0 Å². The molecule has 3 heteroatoms. The van der Waals surface area contributed by atoms with Crippen molar-refractivity contribution in [1.29, 1.82) is 0 Å². The summed E-state index contributed by atoms with van der Waals surface area (Å²) >= 11 is 5.65. The van der Waals surface area contributed by atoms with Crippen LogP contribution < -0.4 is 5.73 Å². The third kappa shape index (κ3) is 2.16. The van der Waals surface area contributed by atoms with Gasteiger partial charge in [0.1, 0.15) is 5.82 Å². The first-order valence-corrected chi connectivity index (χ1v) is 5.74. The Bertz CT molecular complexity index is 359. The minimum Gasteiger partial charge on any atom is -0.321 e. The second kappa shape index (κ2) is 4.11. The van der Waals surface area contributed by atoms with E-state index in [1.807, 2.05) is 6.07 Å². The first kappa shape index (κ1) is 10.9. The number of rotatable bonds is 1. The summed E-state index contributed by atoms with van der Waals surface area (Å²) in [5, 5.41) is 0.165. The van der Waals surface area contributed by atoms with Gasteiger partial charge < -0.3 is 5.73 Å². The van der Waals surface area contributed by atoms with Crippen LogP contribution in [0.4, 0.5) is 4.39 Å². The second-order valence-electron chi connectivity index (χ2n) is 4.35. The van der Waals surface area contributed by atoms with Gasteiger partial charge in [-0.1, -0.05) is 36.9 Å². The summed E-state index contributed by atoms with van der Waals surface area (Å²) in [7, 11) is 0. The van der Waals surface area contributed by atoms with Crippen LogP contribution >= 0.6 is 11.6 Å². The molecule has 0 unspecified atom stereocenters. The lowest BCUT2D eigenvalue weighted by Gasteiger charge is -2.34. The summed E-state index contributed by atoms with van der Waals surface area (Å²) in [5.41, 5.74) is 6.82. The molecule has 2 N–H and O–H groups in total. The van der Waals surface area contributed by atoms with E-state index in [-0.39, 0.29) is 16.4 Å². The Morgan fingerprint density at radius 3 is 2.47 bits per heavy atom. The van der Waals surface area contributed by atoms with Gasteiger partial charge in [-0.3, -0.25) is 0 Å². The van der Waals surface area contributed by atoms with Crippen molar-refractivity contribution in [3.8, 4) is 0 Å². The Balaban J connectivity index is 2.31. The number of nitrogens with two attached hydrogens (primary N) is 1. The fourth-order valence-corrected chi connectivity index (χ4v) is 2.39. The summed E-state index contributed by atoms with van der Waals surface area (Å²) in [6, 6.07) is 4.92. The quantitative estimate of drug-likeness (QED) is 0.780. The van der Waals surface area contributed by atoms with Crippen LogP contribution in [-0.4, -0.2) is 0 Å². The molecule has 1 nitrogen and oxygen atoms in total. The van der Waals surface area contributed by atoms with Gasteiger partial charge in [0.05, 0.1) is 5.02 Å². The summed E-state index contributed by atoms with van der Waals surface area (Å²) in [5.74, 6) is -0.371. The second-order valence-corrected chi connectivity index (χ2v) is 4.75. The molecule has 0 heterocycles. The van der Waals surface area contributed by atoms with Crippen molar-refractivity contribution in [1.82, 2.24) is 0 Å². The van der Waals surface area contributed by atoms with E-state index in [0.29, 0.717) is 0 Å². The van der Waals surface area contributed by atoms with Crippen molar-refractivity contribution in [3.63, 3.8) is 0 Å². The molecule has 0 atom stereocenters. The smallest absolute Gasteiger partial charge is 0.142 e. The Kier molecular flexibility index (Phi) is 2.98. The maximum atomic E-state index is 13.3. The first-order valence-electron chi connectivity index (χ1n) is 5.36. The molecule has 0 aliphatic heterocycles. The molecule has 1 aliphatic rings. The highest BCUT2D eigenvalue weighted by atomic mass is 35.5. The largest absolute Gasteiger partial charge is 0.321 e. The first-order chi connectivity index (χ1) is 7.12. The van der Waals surface area contributed by atoms with Crippen LogP contribution in [0, 0.1) is 5.82 Å². The normalized spacial score (nSPS) is 20.2. The molecule has 1 fully saturated rings. The molecule has 0 amide bonds. The predicted molar refractivity (Wildman–Crippen MR) is 60.4 cm³/mol. The maximum absolute atomic E-state index is 13.3. The molecule has 82 valence electrons. The number of halogens is 2. The third-order valence-corrected chi connectivity index (χ3v) is 3.55. The van der Waals surface area contributed by atoms with Crippen LogP contribution in [0.2, 0.25) is 5.02 Å². The molecular formula is C12H15ClFN. The zero-order valence-corrected chi connectivity index (χ0v) is 9.36. The standard InChI is InChI=1S/C12H15ClFN/c13-10-5-4-9(8-11(10)14)12(15)6-2-1-3-7-12/h4-5,8H,1-3,6-7,15H2. The van der Waals surface area contributed by atoms with Crippen molar-refractivity contribution in [2.45, 2.75) is 37.6 Å². The Morgan fingerprint density at radius 1 is 1.20 bits per heavy atom. The molecular weight excluding hydrogens is 213 g/mol. The van der Waals surface area contributed by atoms with Crippen LogP contribution in [0.15, 0.2) is 18.2 Å². The Labute approximate surface area is 94.4 Å². The van der Waals surface area contributed by atoms with Gasteiger partial charge in [0.25, 0.3) is 0 Å². The minimum absolute atomic E-state index is 0.165. The van der Waals surface area contributed by atoms with Crippen LogP contribution in [-0.2, 0) is 5.54 Å². The van der Waals surface area contributed by atoms with E-state index in [1.165, 1.54) is 12.5 Å². The van der Waals surface area contributed by atoms with Crippen molar-refractivity contribution in [3.05, 3.63) is 34.6 Å². The van der Waals surface area contributed by atoms with Gasteiger partial charge in [0.2, 0.25) is 0 Å². The number of hydrogen-bond donors (Lipinski definition) is 1. The monoisotopic (exact) mass is 227 g/mol. The molecule has 0 saturated heterocycles. The van der Waals surface area contributed by atoms with Crippen molar-refractivity contribution >= 4 is 11.6 Å². The average molecular weight is 228 g/mol. The molecule has 1 aromatic carbocycles. The van der Waals surface area contributed by atoms with E-state index >= 15 is 0 Å². The Hall–Kier alpha value is -0.600. The summed E-state index contributed by atoms with van der Waals surface area (Å²) in [4.78, 5) is 0. The summed E-state index contributed by atoms with van der Waals surface area (Å²) < 4.78 is 13.3. The lowest BCUT2D eigenvalue weighted by atomic mass is 9.77. The van der Waals surface area contributed by atoms with Crippen LogP contribution in [0.1, 0.15) is 37.7 Å².